The molecule has 2 N–H and O–H groups in total. The molecule has 3 heterocycles. The van der Waals surface area contributed by atoms with Gasteiger partial charge in [0.1, 0.15) is 17.5 Å². The van der Waals surface area contributed by atoms with E-state index in [1.54, 1.807) is 4.90 Å². The summed E-state index contributed by atoms with van der Waals surface area (Å²) < 4.78 is 14.6. The smallest absolute Gasteiger partial charge is 0.276 e. The number of hydrogen-bond acceptors (Lipinski definition) is 5. The molecule has 2 amide bonds. The van der Waals surface area contributed by atoms with E-state index >= 15 is 0 Å². The molecule has 1 aromatic heterocycles. The van der Waals surface area contributed by atoms with Crippen molar-refractivity contribution in [3.8, 4) is 5.75 Å². The highest BCUT2D eigenvalue weighted by Gasteiger charge is 2.43. The van der Waals surface area contributed by atoms with E-state index in [2.05, 4.69) is 24.1 Å². The van der Waals surface area contributed by atoms with Crippen LogP contribution < -0.4 is 10.7 Å². The fraction of sp³-hybridized carbons (Fsp3) is 0.458. The summed E-state index contributed by atoms with van der Waals surface area (Å²) in [6, 6.07) is 5.62. The number of benzene rings is 1. The third-order valence-corrected chi connectivity index (χ3v) is 6.32. The Balaban J connectivity index is 1.64. The van der Waals surface area contributed by atoms with Crippen LogP contribution in [0.25, 0.3) is 0 Å². The Morgan fingerprint density at radius 1 is 1.24 bits per heavy atom. The van der Waals surface area contributed by atoms with Crippen molar-refractivity contribution in [2.24, 2.45) is 5.92 Å². The van der Waals surface area contributed by atoms with Crippen LogP contribution in [0.1, 0.15) is 53.6 Å². The van der Waals surface area contributed by atoms with Gasteiger partial charge in [-0.15, -0.1) is 0 Å². The van der Waals surface area contributed by atoms with Gasteiger partial charge in [0.15, 0.2) is 11.4 Å². The molecule has 33 heavy (non-hydrogen) atoms. The van der Waals surface area contributed by atoms with Crippen molar-refractivity contribution in [3.05, 3.63) is 63.3 Å². The Hall–Kier alpha value is -3.20. The van der Waals surface area contributed by atoms with E-state index in [-0.39, 0.29) is 35.8 Å². The predicted molar refractivity (Wildman–Crippen MR) is 120 cm³/mol. The molecule has 2 aliphatic rings. The number of pyridine rings is 1. The molecule has 0 radical (unpaired) electrons. The Kier molecular flexibility index (Phi) is 6.25. The average Bonchev–Trinajstić information content (AvgIpc) is 2.77. The van der Waals surface area contributed by atoms with E-state index < -0.39 is 23.0 Å². The normalized spacial score (nSPS) is 20.5. The predicted octanol–water partition coefficient (Wildman–Crippen LogP) is 2.16. The molecule has 0 unspecified atom stereocenters. The largest absolute Gasteiger partial charge is 0.503 e. The number of rotatable bonds is 5. The zero-order valence-corrected chi connectivity index (χ0v) is 19.0. The molecule has 0 saturated carbocycles. The summed E-state index contributed by atoms with van der Waals surface area (Å²) in [5.74, 6) is -1.75. The first kappa shape index (κ1) is 23.0. The molecule has 0 bridgehead atoms. The molecule has 8 nitrogen and oxygen atoms in total. The van der Waals surface area contributed by atoms with Gasteiger partial charge in [0, 0.05) is 31.9 Å². The van der Waals surface area contributed by atoms with Gasteiger partial charge in [-0.2, -0.15) is 0 Å². The molecule has 0 spiro atoms. The fourth-order valence-electron chi connectivity index (χ4n) is 4.69. The van der Waals surface area contributed by atoms with Crippen molar-refractivity contribution in [2.75, 3.05) is 13.1 Å². The van der Waals surface area contributed by atoms with Crippen LogP contribution in [0.15, 0.2) is 35.3 Å². The quantitative estimate of drug-likeness (QED) is 0.719. The maximum atomic E-state index is 13.3. The van der Waals surface area contributed by atoms with Crippen LogP contribution in [-0.4, -0.2) is 56.6 Å². The lowest BCUT2D eigenvalue weighted by molar-refractivity contribution is -0.0366. The monoisotopic (exact) mass is 456 g/mol. The molecular formula is C24H29FN4O4. The van der Waals surface area contributed by atoms with Crippen molar-refractivity contribution in [1.82, 2.24) is 19.7 Å². The van der Waals surface area contributed by atoms with E-state index in [1.165, 1.54) is 35.0 Å². The maximum absolute atomic E-state index is 13.3. The topological polar surface area (TPSA) is 94.9 Å². The van der Waals surface area contributed by atoms with Crippen molar-refractivity contribution in [1.29, 1.82) is 0 Å². The van der Waals surface area contributed by atoms with Gasteiger partial charge in [-0.25, -0.2) is 4.39 Å². The Bertz CT molecular complexity index is 1130. The second-order valence-electron chi connectivity index (χ2n) is 9.25. The summed E-state index contributed by atoms with van der Waals surface area (Å²) in [7, 11) is 0. The highest BCUT2D eigenvalue weighted by atomic mass is 19.1. The van der Waals surface area contributed by atoms with E-state index in [0.717, 1.165) is 19.5 Å². The van der Waals surface area contributed by atoms with Gasteiger partial charge in [-0.1, -0.05) is 26.0 Å². The second-order valence-corrected chi connectivity index (χ2v) is 9.25. The standard InChI is InChI=1S/C24H29FN4O4/c1-14(2)11-27-9-8-15(3)29-19(27)13-28-12-18(21(30)22(31)20(28)24(29)33)23(32)26-10-16-4-6-17(25)7-5-16/h4-7,12,14-15,19,31H,8-11,13H2,1-3H3,(H,26,32)/t15-,19-/m1/s1. The van der Waals surface area contributed by atoms with Crippen molar-refractivity contribution >= 4 is 11.8 Å². The molecule has 1 aromatic carbocycles. The molecule has 1 fully saturated rings. The lowest BCUT2D eigenvalue weighted by atomic mass is 10.0. The minimum Gasteiger partial charge on any atom is -0.503 e. The molecule has 2 atom stereocenters. The van der Waals surface area contributed by atoms with Gasteiger partial charge in [0.2, 0.25) is 5.43 Å². The summed E-state index contributed by atoms with van der Waals surface area (Å²) in [4.78, 5) is 42.9. The van der Waals surface area contributed by atoms with Crippen molar-refractivity contribution in [2.45, 2.75) is 52.5 Å². The van der Waals surface area contributed by atoms with Gasteiger partial charge in [0.25, 0.3) is 11.8 Å². The summed E-state index contributed by atoms with van der Waals surface area (Å²) in [6.45, 7) is 8.31. The number of nitrogens with zero attached hydrogens (tertiary/aromatic N) is 3. The zero-order valence-electron chi connectivity index (χ0n) is 19.0. The van der Waals surface area contributed by atoms with Crippen LogP contribution in [-0.2, 0) is 13.1 Å². The van der Waals surface area contributed by atoms with Crippen molar-refractivity contribution < 1.29 is 19.1 Å². The highest BCUT2D eigenvalue weighted by Crippen LogP contribution is 2.31. The number of nitrogens with one attached hydrogen (secondary N) is 1. The number of carbonyl (C=O) groups excluding carboxylic acids is 2. The molecule has 4 rings (SSSR count). The third-order valence-electron chi connectivity index (χ3n) is 6.32. The first-order valence-corrected chi connectivity index (χ1v) is 11.2. The molecule has 0 aliphatic carbocycles. The average molecular weight is 457 g/mol. The summed E-state index contributed by atoms with van der Waals surface area (Å²) in [5, 5.41) is 13.3. The Morgan fingerprint density at radius 2 is 1.94 bits per heavy atom. The van der Waals surface area contributed by atoms with Crippen LogP contribution in [0.4, 0.5) is 4.39 Å². The van der Waals surface area contributed by atoms with Crippen LogP contribution in [0, 0.1) is 11.7 Å². The molecule has 2 aliphatic heterocycles. The van der Waals surface area contributed by atoms with Crippen LogP contribution in [0.3, 0.4) is 0 Å². The van der Waals surface area contributed by atoms with Crippen LogP contribution >= 0.6 is 0 Å². The number of carbonyl (C=O) groups is 2. The van der Waals surface area contributed by atoms with Crippen LogP contribution in [0.5, 0.6) is 5.75 Å². The molecule has 2 aromatic rings. The number of halogens is 1. The van der Waals surface area contributed by atoms with Gasteiger partial charge in [-0.3, -0.25) is 19.3 Å². The Labute approximate surface area is 191 Å². The lowest BCUT2D eigenvalue weighted by Gasteiger charge is -2.50. The fourth-order valence-corrected chi connectivity index (χ4v) is 4.69. The molecule has 176 valence electrons. The number of amides is 2. The number of aromatic nitrogens is 1. The summed E-state index contributed by atoms with van der Waals surface area (Å²) in [6.07, 6.45) is 1.96. The minimum absolute atomic E-state index is 0.0205. The van der Waals surface area contributed by atoms with Crippen LogP contribution in [0.2, 0.25) is 0 Å². The van der Waals surface area contributed by atoms with E-state index in [4.69, 9.17) is 0 Å². The zero-order chi connectivity index (χ0) is 23.9. The van der Waals surface area contributed by atoms with Gasteiger partial charge in [-0.05, 0) is 37.0 Å². The van der Waals surface area contributed by atoms with Gasteiger partial charge in [0.05, 0.1) is 6.54 Å². The van der Waals surface area contributed by atoms with Gasteiger partial charge < -0.3 is 19.9 Å². The number of aromatic hydroxyl groups is 1. The minimum atomic E-state index is -0.881. The lowest BCUT2D eigenvalue weighted by Crippen LogP contribution is -2.64. The first-order valence-electron chi connectivity index (χ1n) is 11.2. The van der Waals surface area contributed by atoms with E-state index in [1.807, 2.05) is 6.92 Å². The molecule has 9 heteroatoms. The summed E-state index contributed by atoms with van der Waals surface area (Å²) in [5.41, 5.74) is -0.532. The molecular weight excluding hydrogens is 427 g/mol. The SMILES string of the molecule is CC(C)CN1CC[C@@H](C)N2C(=O)c3c(O)c(=O)c(C(=O)NCc4ccc(F)cc4)cn3C[C@H]12. The first-order chi connectivity index (χ1) is 15.7. The van der Waals surface area contributed by atoms with E-state index in [9.17, 15) is 23.9 Å². The van der Waals surface area contributed by atoms with E-state index in [0.29, 0.717) is 18.0 Å². The van der Waals surface area contributed by atoms with Gasteiger partial charge >= 0.3 is 0 Å². The third kappa shape index (κ3) is 4.37. The number of fused-ring (bicyclic) bond motifs is 2. The maximum Gasteiger partial charge on any atom is 0.276 e. The number of hydrogen-bond donors (Lipinski definition) is 2. The second kappa shape index (κ2) is 8.97. The summed E-state index contributed by atoms with van der Waals surface area (Å²) >= 11 is 0. The van der Waals surface area contributed by atoms with Crippen molar-refractivity contribution in [3.63, 3.8) is 0 Å². The molecule has 1 saturated heterocycles. The Morgan fingerprint density at radius 3 is 2.61 bits per heavy atom. The highest BCUT2D eigenvalue weighted by molar-refractivity contribution is 5.99.